The van der Waals surface area contributed by atoms with Crippen LogP contribution in [0.3, 0.4) is 0 Å². The van der Waals surface area contributed by atoms with Gasteiger partial charge in [-0.25, -0.2) is 9.53 Å². The lowest BCUT2D eigenvalue weighted by Gasteiger charge is -2.42. The zero-order chi connectivity index (χ0) is 19.7. The maximum atomic E-state index is 13.1. The van der Waals surface area contributed by atoms with Gasteiger partial charge in [0.25, 0.3) is 16.1 Å². The van der Waals surface area contributed by atoms with Gasteiger partial charge in [-0.1, -0.05) is 12.1 Å². The summed E-state index contributed by atoms with van der Waals surface area (Å²) in [5.74, 6) is -0.675. The smallest absolute Gasteiger partial charge is 0.276 e. The molecule has 8 nitrogen and oxygen atoms in total. The summed E-state index contributed by atoms with van der Waals surface area (Å²) in [5.41, 5.74) is -0.696. The number of nitrogens with zero attached hydrogens (tertiary/aromatic N) is 3. The number of hydrogen-bond acceptors (Lipinski definition) is 5. The van der Waals surface area contributed by atoms with Crippen LogP contribution in [0, 0.1) is 5.82 Å². The summed E-state index contributed by atoms with van der Waals surface area (Å²) < 4.78 is 37.0. The molecule has 1 atom stereocenters. The van der Waals surface area contributed by atoms with E-state index >= 15 is 0 Å². The molecule has 27 heavy (non-hydrogen) atoms. The summed E-state index contributed by atoms with van der Waals surface area (Å²) in [6, 6.07) is 5.95. The standard InChI is InChI=1S/C17H25FN4O4S/c18-15-4-2-14(3-5-15)12-21-7-1-6-17(24,16(21)23)13-20-8-10-22(11-9-20)27(19,25)26/h2-5,24H,1,6-13H2,(H2,19,25,26)/t17-/m0/s1. The first-order valence-electron chi connectivity index (χ1n) is 8.94. The highest BCUT2D eigenvalue weighted by Gasteiger charge is 2.43. The molecule has 0 radical (unpaired) electrons. The Balaban J connectivity index is 1.61. The lowest BCUT2D eigenvalue weighted by molar-refractivity contribution is -0.160. The molecule has 1 aromatic carbocycles. The largest absolute Gasteiger partial charge is 0.379 e. The van der Waals surface area contributed by atoms with Gasteiger partial charge in [-0.15, -0.1) is 0 Å². The molecule has 10 heteroatoms. The molecule has 1 aromatic rings. The highest BCUT2D eigenvalue weighted by Crippen LogP contribution is 2.26. The highest BCUT2D eigenvalue weighted by atomic mass is 32.2. The number of halogens is 1. The van der Waals surface area contributed by atoms with Gasteiger partial charge in [-0.05, 0) is 30.5 Å². The van der Waals surface area contributed by atoms with E-state index in [1.165, 1.54) is 16.4 Å². The predicted octanol–water partition coefficient (Wildman–Crippen LogP) is -0.500. The van der Waals surface area contributed by atoms with E-state index in [4.69, 9.17) is 5.14 Å². The Morgan fingerprint density at radius 2 is 1.74 bits per heavy atom. The number of rotatable bonds is 5. The number of aliphatic hydroxyl groups is 1. The molecule has 0 bridgehead atoms. The Kier molecular flexibility index (Phi) is 5.82. The third-order valence-electron chi connectivity index (χ3n) is 5.17. The summed E-state index contributed by atoms with van der Waals surface area (Å²) in [5, 5.41) is 16.1. The third-order valence-corrected chi connectivity index (χ3v) is 6.25. The minimum Gasteiger partial charge on any atom is -0.379 e. The monoisotopic (exact) mass is 400 g/mol. The number of amides is 1. The van der Waals surface area contributed by atoms with Crippen molar-refractivity contribution >= 4 is 16.1 Å². The molecule has 0 spiro atoms. The number of piperidine rings is 1. The Hall–Kier alpha value is -1.59. The summed E-state index contributed by atoms with van der Waals surface area (Å²) in [7, 11) is -3.71. The van der Waals surface area contributed by atoms with Gasteiger partial charge in [-0.3, -0.25) is 9.69 Å². The van der Waals surface area contributed by atoms with Gasteiger partial charge in [0.1, 0.15) is 5.82 Å². The zero-order valence-corrected chi connectivity index (χ0v) is 15.9. The maximum Gasteiger partial charge on any atom is 0.276 e. The molecule has 1 amide bonds. The van der Waals surface area contributed by atoms with E-state index in [-0.39, 0.29) is 31.4 Å². The number of carbonyl (C=O) groups excluding carboxylic acids is 1. The fourth-order valence-corrected chi connectivity index (χ4v) is 4.36. The average molecular weight is 400 g/mol. The lowest BCUT2D eigenvalue weighted by Crippen LogP contribution is -2.61. The first-order chi connectivity index (χ1) is 12.7. The molecule has 2 fully saturated rings. The number of likely N-dealkylation sites (tertiary alicyclic amines) is 1. The maximum absolute atomic E-state index is 13.1. The molecule has 2 saturated heterocycles. The number of β-amino-alcohol motifs (C(OH)–C–C–N with tert-alkyl or cyclic N) is 1. The number of carbonyl (C=O) groups is 1. The summed E-state index contributed by atoms with van der Waals surface area (Å²) in [6.07, 6.45) is 1.03. The second-order valence-corrected chi connectivity index (χ2v) is 8.75. The van der Waals surface area contributed by atoms with Crippen molar-refractivity contribution in [1.82, 2.24) is 14.1 Å². The number of piperazine rings is 1. The SMILES string of the molecule is NS(=O)(=O)N1CCN(C[C@@]2(O)CCCN(Cc3ccc(F)cc3)C2=O)CC1. The van der Waals surface area contributed by atoms with E-state index in [1.807, 2.05) is 4.90 Å². The van der Waals surface area contributed by atoms with E-state index in [0.29, 0.717) is 39.0 Å². The van der Waals surface area contributed by atoms with E-state index in [9.17, 15) is 22.7 Å². The molecule has 0 aliphatic carbocycles. The molecule has 3 rings (SSSR count). The molecule has 3 N–H and O–H groups in total. The summed E-state index contributed by atoms with van der Waals surface area (Å²) >= 11 is 0. The predicted molar refractivity (Wildman–Crippen MR) is 97.1 cm³/mol. The molecule has 150 valence electrons. The third kappa shape index (κ3) is 4.82. The van der Waals surface area contributed by atoms with Crippen molar-refractivity contribution in [3.05, 3.63) is 35.6 Å². The summed E-state index contributed by atoms with van der Waals surface area (Å²) in [6.45, 7) is 2.31. The second kappa shape index (κ2) is 7.80. The molecule has 0 saturated carbocycles. The molecular weight excluding hydrogens is 375 g/mol. The molecule has 0 aromatic heterocycles. The molecule has 0 unspecified atom stereocenters. The Morgan fingerprint density at radius 1 is 1.11 bits per heavy atom. The first-order valence-corrected chi connectivity index (χ1v) is 10.4. The van der Waals surface area contributed by atoms with Crippen molar-refractivity contribution < 1.29 is 22.7 Å². The highest BCUT2D eigenvalue weighted by molar-refractivity contribution is 7.86. The van der Waals surface area contributed by atoms with Gasteiger partial charge in [0.2, 0.25) is 0 Å². The van der Waals surface area contributed by atoms with Crippen LogP contribution in [0.4, 0.5) is 4.39 Å². The van der Waals surface area contributed by atoms with Gasteiger partial charge in [0.05, 0.1) is 0 Å². The van der Waals surface area contributed by atoms with E-state index in [0.717, 1.165) is 5.56 Å². The Bertz CT molecular complexity index is 781. The minimum atomic E-state index is -3.71. The zero-order valence-electron chi connectivity index (χ0n) is 15.1. The first kappa shape index (κ1) is 20.2. The number of benzene rings is 1. The molecule has 2 aliphatic heterocycles. The molecule has 2 aliphatic rings. The van der Waals surface area contributed by atoms with Gasteiger partial charge in [0.15, 0.2) is 5.60 Å². The van der Waals surface area contributed by atoms with Crippen LogP contribution in [-0.4, -0.2) is 78.4 Å². The van der Waals surface area contributed by atoms with E-state index < -0.39 is 15.8 Å². The van der Waals surface area contributed by atoms with Crippen molar-refractivity contribution in [2.24, 2.45) is 5.14 Å². The van der Waals surface area contributed by atoms with Gasteiger partial charge >= 0.3 is 0 Å². The Morgan fingerprint density at radius 3 is 2.33 bits per heavy atom. The normalized spacial score (nSPS) is 25.7. The number of nitrogens with two attached hydrogens (primary N) is 1. The fraction of sp³-hybridized carbons (Fsp3) is 0.588. The van der Waals surface area contributed by atoms with Crippen LogP contribution in [0.15, 0.2) is 24.3 Å². The van der Waals surface area contributed by atoms with Gasteiger partial charge in [-0.2, -0.15) is 12.7 Å². The van der Waals surface area contributed by atoms with Crippen LogP contribution in [0.1, 0.15) is 18.4 Å². The second-order valence-electron chi connectivity index (χ2n) is 7.21. The van der Waals surface area contributed by atoms with E-state index in [1.54, 1.807) is 17.0 Å². The van der Waals surface area contributed by atoms with Crippen LogP contribution in [0.2, 0.25) is 0 Å². The van der Waals surface area contributed by atoms with Crippen molar-refractivity contribution in [2.45, 2.75) is 25.0 Å². The molecule has 2 heterocycles. The van der Waals surface area contributed by atoms with Gasteiger partial charge in [0, 0.05) is 45.8 Å². The topological polar surface area (TPSA) is 107 Å². The van der Waals surface area contributed by atoms with Crippen LogP contribution < -0.4 is 5.14 Å². The van der Waals surface area contributed by atoms with Crippen molar-refractivity contribution in [3.8, 4) is 0 Å². The van der Waals surface area contributed by atoms with Crippen LogP contribution in [-0.2, 0) is 21.5 Å². The van der Waals surface area contributed by atoms with Crippen molar-refractivity contribution in [3.63, 3.8) is 0 Å². The van der Waals surface area contributed by atoms with Crippen molar-refractivity contribution in [1.29, 1.82) is 0 Å². The van der Waals surface area contributed by atoms with Crippen molar-refractivity contribution in [2.75, 3.05) is 39.3 Å². The Labute approximate surface area is 158 Å². The quantitative estimate of drug-likeness (QED) is 0.693. The lowest BCUT2D eigenvalue weighted by atomic mass is 9.90. The van der Waals surface area contributed by atoms with Gasteiger partial charge < -0.3 is 10.0 Å². The van der Waals surface area contributed by atoms with E-state index in [2.05, 4.69) is 0 Å². The van der Waals surface area contributed by atoms with Crippen LogP contribution >= 0.6 is 0 Å². The van der Waals surface area contributed by atoms with Crippen LogP contribution in [0.5, 0.6) is 0 Å². The summed E-state index contributed by atoms with van der Waals surface area (Å²) in [4.78, 5) is 16.3. The number of hydrogen-bond donors (Lipinski definition) is 2. The fourth-order valence-electron chi connectivity index (χ4n) is 3.68. The average Bonchev–Trinajstić information content (AvgIpc) is 2.61. The van der Waals surface area contributed by atoms with Crippen LogP contribution in [0.25, 0.3) is 0 Å². The molecular formula is C17H25FN4O4S. The minimum absolute atomic E-state index is 0.157.